The molecule has 2 amide bonds. The maximum absolute atomic E-state index is 12.5. The van der Waals surface area contributed by atoms with Gasteiger partial charge in [-0.05, 0) is 50.1 Å². The van der Waals surface area contributed by atoms with Gasteiger partial charge in [0.05, 0.1) is 11.5 Å². The Morgan fingerprint density at radius 2 is 1.96 bits per heavy atom. The topological polar surface area (TPSA) is 102 Å². The van der Waals surface area contributed by atoms with Crippen LogP contribution in [-0.2, 0) is 14.3 Å². The van der Waals surface area contributed by atoms with Crippen LogP contribution in [0.15, 0.2) is 18.2 Å². The molecule has 1 atom stereocenters. The van der Waals surface area contributed by atoms with Crippen LogP contribution in [0.25, 0.3) is 0 Å². The Morgan fingerprint density at radius 1 is 1.25 bits per heavy atom. The van der Waals surface area contributed by atoms with E-state index < -0.39 is 12.6 Å². The first kappa shape index (κ1) is 19.8. The SMILES string of the molecule is CC(=O)Nc1sc(C)c(C)c1C(=O)OCC(=O)c1ccc2c(c1)[C@@H](C)C(=O)N2. The van der Waals surface area contributed by atoms with Crippen LogP contribution in [0.5, 0.6) is 0 Å². The largest absolute Gasteiger partial charge is 0.454 e. The Kier molecular flexibility index (Phi) is 5.33. The number of carbonyl (C=O) groups excluding carboxylic acids is 4. The van der Waals surface area contributed by atoms with Gasteiger partial charge in [0.25, 0.3) is 0 Å². The van der Waals surface area contributed by atoms with Gasteiger partial charge in [0.15, 0.2) is 12.4 Å². The van der Waals surface area contributed by atoms with Crippen molar-refractivity contribution in [3.05, 3.63) is 45.3 Å². The first-order valence-electron chi connectivity index (χ1n) is 8.71. The van der Waals surface area contributed by atoms with Crippen LogP contribution in [0.3, 0.4) is 0 Å². The second-order valence-electron chi connectivity index (χ2n) is 6.68. The molecule has 1 aliphatic rings. The quantitative estimate of drug-likeness (QED) is 0.591. The minimum atomic E-state index is -0.662. The van der Waals surface area contributed by atoms with E-state index in [-0.39, 0.29) is 29.1 Å². The molecule has 3 rings (SSSR count). The van der Waals surface area contributed by atoms with Crippen molar-refractivity contribution >= 4 is 45.6 Å². The van der Waals surface area contributed by atoms with Crippen LogP contribution in [0.2, 0.25) is 0 Å². The second-order valence-corrected chi connectivity index (χ2v) is 7.91. The van der Waals surface area contributed by atoms with E-state index in [9.17, 15) is 19.2 Å². The molecule has 2 heterocycles. The molecule has 0 saturated heterocycles. The minimum absolute atomic E-state index is 0.111. The molecule has 0 saturated carbocycles. The van der Waals surface area contributed by atoms with Gasteiger partial charge in [-0.2, -0.15) is 0 Å². The van der Waals surface area contributed by atoms with Crippen LogP contribution >= 0.6 is 11.3 Å². The third-order valence-electron chi connectivity index (χ3n) is 4.70. The number of hydrogen-bond acceptors (Lipinski definition) is 6. The van der Waals surface area contributed by atoms with Crippen LogP contribution in [0.1, 0.15) is 56.5 Å². The van der Waals surface area contributed by atoms with Gasteiger partial charge < -0.3 is 15.4 Å². The van der Waals surface area contributed by atoms with Crippen molar-refractivity contribution in [3.8, 4) is 0 Å². The molecule has 2 N–H and O–H groups in total. The fourth-order valence-electron chi connectivity index (χ4n) is 3.00. The standard InChI is InChI=1S/C20H20N2O5S/c1-9-11(3)28-19(21-12(4)23)17(9)20(26)27-8-16(24)13-5-6-15-14(7-13)10(2)18(25)22-15/h5-7,10H,8H2,1-4H3,(H,21,23)(H,22,25)/t10-/m1/s1. The Morgan fingerprint density at radius 3 is 2.64 bits per heavy atom. The van der Waals surface area contributed by atoms with Gasteiger partial charge in [0.2, 0.25) is 11.8 Å². The van der Waals surface area contributed by atoms with Crippen molar-refractivity contribution in [2.24, 2.45) is 0 Å². The predicted octanol–water partition coefficient (Wildman–Crippen LogP) is 3.42. The van der Waals surface area contributed by atoms with E-state index in [2.05, 4.69) is 10.6 Å². The first-order valence-corrected chi connectivity index (χ1v) is 9.53. The fraction of sp³-hybridized carbons (Fsp3) is 0.300. The van der Waals surface area contributed by atoms with Gasteiger partial charge in [0, 0.05) is 23.1 Å². The van der Waals surface area contributed by atoms with Crippen molar-refractivity contribution in [1.29, 1.82) is 0 Å². The van der Waals surface area contributed by atoms with E-state index in [1.54, 1.807) is 32.0 Å². The summed E-state index contributed by atoms with van der Waals surface area (Å²) in [4.78, 5) is 49.0. The molecule has 0 bridgehead atoms. The summed E-state index contributed by atoms with van der Waals surface area (Å²) in [5.41, 5.74) is 2.79. The molecule has 1 aromatic carbocycles. The lowest BCUT2D eigenvalue weighted by Crippen LogP contribution is -2.16. The van der Waals surface area contributed by atoms with Gasteiger partial charge >= 0.3 is 5.97 Å². The molecule has 2 aromatic rings. The van der Waals surface area contributed by atoms with Crippen molar-refractivity contribution in [2.45, 2.75) is 33.6 Å². The molecule has 0 aliphatic carbocycles. The molecule has 146 valence electrons. The van der Waals surface area contributed by atoms with Gasteiger partial charge in [-0.1, -0.05) is 0 Å². The van der Waals surface area contributed by atoms with E-state index in [4.69, 9.17) is 4.74 Å². The molecule has 8 heteroatoms. The maximum atomic E-state index is 12.5. The zero-order valence-electron chi connectivity index (χ0n) is 16.0. The molecule has 0 unspecified atom stereocenters. The van der Waals surface area contributed by atoms with Crippen LogP contribution < -0.4 is 10.6 Å². The maximum Gasteiger partial charge on any atom is 0.341 e. The van der Waals surface area contributed by atoms with E-state index in [1.807, 2.05) is 6.92 Å². The highest BCUT2D eigenvalue weighted by Gasteiger charge is 2.28. The number of nitrogens with one attached hydrogen (secondary N) is 2. The summed E-state index contributed by atoms with van der Waals surface area (Å²) in [6.07, 6.45) is 0. The van der Waals surface area contributed by atoms with Crippen molar-refractivity contribution in [3.63, 3.8) is 0 Å². The molecule has 28 heavy (non-hydrogen) atoms. The van der Waals surface area contributed by atoms with E-state index in [0.717, 1.165) is 10.4 Å². The lowest BCUT2D eigenvalue weighted by molar-refractivity contribution is -0.116. The number of ketones is 1. The highest BCUT2D eigenvalue weighted by molar-refractivity contribution is 7.16. The van der Waals surface area contributed by atoms with Crippen molar-refractivity contribution in [1.82, 2.24) is 0 Å². The Balaban J connectivity index is 1.73. The number of esters is 1. The lowest BCUT2D eigenvalue weighted by atomic mass is 9.99. The summed E-state index contributed by atoms with van der Waals surface area (Å²) in [7, 11) is 0. The van der Waals surface area contributed by atoms with Gasteiger partial charge in [-0.3, -0.25) is 14.4 Å². The smallest absolute Gasteiger partial charge is 0.341 e. The van der Waals surface area contributed by atoms with E-state index in [1.165, 1.54) is 18.3 Å². The number of hydrogen-bond donors (Lipinski definition) is 2. The minimum Gasteiger partial charge on any atom is -0.454 e. The van der Waals surface area contributed by atoms with Gasteiger partial charge in [0.1, 0.15) is 5.00 Å². The fourth-order valence-corrected chi connectivity index (χ4v) is 4.09. The van der Waals surface area contributed by atoms with Crippen molar-refractivity contribution in [2.75, 3.05) is 17.2 Å². The number of rotatable bonds is 5. The Bertz CT molecular complexity index is 1010. The lowest BCUT2D eigenvalue weighted by Gasteiger charge is -2.08. The van der Waals surface area contributed by atoms with E-state index in [0.29, 0.717) is 21.8 Å². The molecule has 1 aromatic heterocycles. The normalized spacial score (nSPS) is 15.0. The number of anilines is 2. The van der Waals surface area contributed by atoms with Gasteiger partial charge in [-0.25, -0.2) is 4.79 Å². The molecule has 0 fully saturated rings. The summed E-state index contributed by atoms with van der Waals surface area (Å²) in [6.45, 7) is 6.30. The molecule has 1 aliphatic heterocycles. The van der Waals surface area contributed by atoms with Gasteiger partial charge in [-0.15, -0.1) is 11.3 Å². The second kappa shape index (κ2) is 7.55. The van der Waals surface area contributed by atoms with E-state index >= 15 is 0 Å². The highest BCUT2D eigenvalue weighted by Crippen LogP contribution is 2.34. The summed E-state index contributed by atoms with van der Waals surface area (Å²) < 4.78 is 5.21. The summed E-state index contributed by atoms with van der Waals surface area (Å²) >= 11 is 1.29. The number of Topliss-reactive ketones (excluding diaryl/α,β-unsaturated/α-hetero) is 1. The van der Waals surface area contributed by atoms with Crippen LogP contribution in [-0.4, -0.2) is 30.2 Å². The Labute approximate surface area is 166 Å². The van der Waals surface area contributed by atoms with Crippen LogP contribution in [0.4, 0.5) is 10.7 Å². The monoisotopic (exact) mass is 400 g/mol. The molecule has 0 radical (unpaired) electrons. The first-order chi connectivity index (χ1) is 13.2. The molecular weight excluding hydrogens is 380 g/mol. The average molecular weight is 400 g/mol. The number of amides is 2. The van der Waals surface area contributed by atoms with Crippen molar-refractivity contribution < 1.29 is 23.9 Å². The number of aryl methyl sites for hydroxylation is 1. The summed E-state index contributed by atoms with van der Waals surface area (Å²) in [5.74, 6) is -1.76. The molecule has 7 nitrogen and oxygen atoms in total. The summed E-state index contributed by atoms with van der Waals surface area (Å²) in [6, 6.07) is 4.92. The Hall–Kier alpha value is -3.00. The zero-order valence-corrected chi connectivity index (χ0v) is 16.8. The number of fused-ring (bicyclic) bond motifs is 1. The zero-order chi connectivity index (χ0) is 20.6. The number of benzene rings is 1. The third-order valence-corrected chi connectivity index (χ3v) is 5.83. The summed E-state index contributed by atoms with van der Waals surface area (Å²) in [5, 5.41) is 5.79. The number of thiophene rings is 1. The number of ether oxygens (including phenoxy) is 1. The highest BCUT2D eigenvalue weighted by atomic mass is 32.1. The molecular formula is C20H20N2O5S. The number of carbonyl (C=O) groups is 4. The predicted molar refractivity (Wildman–Crippen MR) is 106 cm³/mol. The average Bonchev–Trinajstić information content (AvgIpc) is 3.07. The van der Waals surface area contributed by atoms with Crippen LogP contribution in [0, 0.1) is 13.8 Å². The third kappa shape index (κ3) is 3.68. The molecule has 0 spiro atoms.